The van der Waals surface area contributed by atoms with Crippen molar-refractivity contribution in [1.82, 2.24) is 9.97 Å². The van der Waals surface area contributed by atoms with E-state index in [0.717, 1.165) is 32.0 Å². The smallest absolute Gasteiger partial charge is 0.229 e. The lowest BCUT2D eigenvalue weighted by atomic mass is 10.2. The summed E-state index contributed by atoms with van der Waals surface area (Å²) in [6.45, 7) is 7.31. The molecule has 1 aliphatic heterocycles. The van der Waals surface area contributed by atoms with Crippen molar-refractivity contribution in [2.24, 2.45) is 0 Å². The molecule has 1 aliphatic rings. The van der Waals surface area contributed by atoms with Crippen LogP contribution in [0.25, 0.3) is 0 Å². The van der Waals surface area contributed by atoms with Gasteiger partial charge in [0.25, 0.3) is 0 Å². The summed E-state index contributed by atoms with van der Waals surface area (Å²) in [5, 5.41) is 6.33. The molecule has 0 aliphatic carbocycles. The molecule has 4 rings (SSSR count). The van der Waals surface area contributed by atoms with Crippen LogP contribution in [0.15, 0.2) is 54.7 Å². The lowest BCUT2D eigenvalue weighted by Crippen LogP contribution is -2.36. The van der Waals surface area contributed by atoms with Crippen LogP contribution in [0.1, 0.15) is 13.8 Å². The predicted molar refractivity (Wildman–Crippen MR) is 131 cm³/mol. The number of benzene rings is 2. The van der Waals surface area contributed by atoms with Crippen LogP contribution in [0.5, 0.6) is 0 Å². The van der Waals surface area contributed by atoms with Gasteiger partial charge in [-0.1, -0.05) is 25.4 Å². The number of hydrogen-bond acceptors (Lipinski definition) is 6. The second-order valence-electron chi connectivity index (χ2n) is 6.29. The van der Waals surface area contributed by atoms with Gasteiger partial charge in [0.15, 0.2) is 0 Å². The molecule has 2 N–H and O–H groups in total. The van der Waals surface area contributed by atoms with Crippen molar-refractivity contribution in [3.05, 3.63) is 65.6 Å². The zero-order valence-electron chi connectivity index (χ0n) is 17.5. The number of morpholine rings is 1. The molecule has 31 heavy (non-hydrogen) atoms. The average Bonchev–Trinajstić information content (AvgIpc) is 2.79. The molecule has 0 spiro atoms. The van der Waals surface area contributed by atoms with Gasteiger partial charge < -0.3 is 20.3 Å². The molecular weight excluding hydrogens is 437 g/mol. The summed E-state index contributed by atoms with van der Waals surface area (Å²) in [6.07, 6.45) is 1.64. The van der Waals surface area contributed by atoms with E-state index >= 15 is 0 Å². The number of anilines is 5. The largest absolute Gasteiger partial charge is 0.378 e. The van der Waals surface area contributed by atoms with Crippen molar-refractivity contribution in [1.29, 1.82) is 0 Å². The molecular formula is C22H27ClFN5OS. The fourth-order valence-electron chi connectivity index (χ4n) is 2.92. The summed E-state index contributed by atoms with van der Waals surface area (Å²) >= 11 is 5.82. The van der Waals surface area contributed by atoms with Crippen molar-refractivity contribution < 1.29 is 9.13 Å². The molecule has 3 aromatic rings. The third kappa shape index (κ3) is 6.99. The van der Waals surface area contributed by atoms with Crippen LogP contribution in [-0.2, 0) is 4.74 Å². The minimum atomic E-state index is -0.460. The SMILES string of the molecule is CC.Fc1ccc(Nc2ccnc(Nc3ccc(N4CCOCC4)cc3)n2)cc1Cl.S. The fraction of sp³-hybridized carbons (Fsp3) is 0.273. The second-order valence-corrected chi connectivity index (χ2v) is 6.70. The highest BCUT2D eigenvalue weighted by atomic mass is 35.5. The number of hydrogen-bond donors (Lipinski definition) is 2. The summed E-state index contributed by atoms with van der Waals surface area (Å²) in [5.41, 5.74) is 2.70. The molecule has 166 valence electrons. The molecule has 0 saturated carbocycles. The van der Waals surface area contributed by atoms with E-state index in [0.29, 0.717) is 17.5 Å². The maximum absolute atomic E-state index is 13.3. The lowest BCUT2D eigenvalue weighted by Gasteiger charge is -2.28. The van der Waals surface area contributed by atoms with E-state index in [2.05, 4.69) is 37.6 Å². The van der Waals surface area contributed by atoms with Crippen LogP contribution in [0.2, 0.25) is 5.02 Å². The van der Waals surface area contributed by atoms with Crippen molar-refractivity contribution in [2.45, 2.75) is 13.8 Å². The molecule has 0 atom stereocenters. The van der Waals surface area contributed by atoms with E-state index in [1.807, 2.05) is 26.0 Å². The van der Waals surface area contributed by atoms with E-state index in [1.54, 1.807) is 18.3 Å². The Balaban J connectivity index is 0.00000111. The Morgan fingerprint density at radius 1 is 0.968 bits per heavy atom. The number of aromatic nitrogens is 2. The Labute approximate surface area is 194 Å². The Morgan fingerprint density at radius 3 is 2.32 bits per heavy atom. The molecule has 0 unspecified atom stereocenters. The van der Waals surface area contributed by atoms with E-state index < -0.39 is 5.82 Å². The van der Waals surface area contributed by atoms with E-state index in [-0.39, 0.29) is 18.5 Å². The zero-order chi connectivity index (χ0) is 21.3. The van der Waals surface area contributed by atoms with Crippen molar-refractivity contribution >= 4 is 53.9 Å². The standard InChI is InChI=1S/C20H19ClFN5O.C2H6.H2S/c21-17-13-15(3-6-18(17)22)24-19-7-8-23-20(26-19)25-14-1-4-16(5-2-14)27-9-11-28-12-10-27;1-2;/h1-8,13H,9-12H2,(H2,23,24,25,26);1-2H3;1H2. The molecule has 1 aromatic heterocycles. The van der Waals surface area contributed by atoms with E-state index in [1.165, 1.54) is 17.8 Å². The normalized spacial score (nSPS) is 12.8. The molecule has 1 fully saturated rings. The summed E-state index contributed by atoms with van der Waals surface area (Å²) in [4.78, 5) is 11.0. The van der Waals surface area contributed by atoms with Crippen molar-refractivity contribution in [3.63, 3.8) is 0 Å². The van der Waals surface area contributed by atoms with Gasteiger partial charge in [0, 0.05) is 36.3 Å². The van der Waals surface area contributed by atoms with Gasteiger partial charge in [0.2, 0.25) is 5.95 Å². The van der Waals surface area contributed by atoms with Crippen LogP contribution >= 0.6 is 25.1 Å². The number of nitrogens with one attached hydrogen (secondary N) is 2. The third-order valence-corrected chi connectivity index (χ3v) is 4.64. The lowest BCUT2D eigenvalue weighted by molar-refractivity contribution is 0.122. The van der Waals surface area contributed by atoms with Crippen LogP contribution in [0.4, 0.5) is 33.2 Å². The number of ether oxygens (including phenoxy) is 1. The number of nitrogens with zero attached hydrogens (tertiary/aromatic N) is 3. The van der Waals surface area contributed by atoms with Gasteiger partial charge in [-0.3, -0.25) is 0 Å². The summed E-state index contributed by atoms with van der Waals surface area (Å²) in [6, 6.07) is 14.3. The molecule has 2 aromatic carbocycles. The molecule has 2 heterocycles. The van der Waals surface area contributed by atoms with Crippen LogP contribution in [0.3, 0.4) is 0 Å². The maximum Gasteiger partial charge on any atom is 0.229 e. The van der Waals surface area contributed by atoms with Gasteiger partial charge in [0.05, 0.1) is 18.2 Å². The monoisotopic (exact) mass is 463 g/mol. The molecule has 6 nitrogen and oxygen atoms in total. The van der Waals surface area contributed by atoms with Crippen LogP contribution in [-0.4, -0.2) is 36.3 Å². The van der Waals surface area contributed by atoms with Gasteiger partial charge in [-0.15, -0.1) is 0 Å². The fourth-order valence-corrected chi connectivity index (χ4v) is 3.10. The Hall–Kier alpha value is -2.55. The molecule has 9 heteroatoms. The number of rotatable bonds is 5. The first-order valence-corrected chi connectivity index (χ1v) is 10.3. The van der Waals surface area contributed by atoms with Crippen molar-refractivity contribution in [3.8, 4) is 0 Å². The Bertz CT molecular complexity index is 955. The molecule has 0 bridgehead atoms. The topological polar surface area (TPSA) is 62.3 Å². The Morgan fingerprint density at radius 2 is 1.65 bits per heavy atom. The summed E-state index contributed by atoms with van der Waals surface area (Å²) in [5.74, 6) is 0.570. The molecule has 0 radical (unpaired) electrons. The van der Waals surface area contributed by atoms with Crippen LogP contribution in [0, 0.1) is 5.82 Å². The predicted octanol–water partition coefficient (Wildman–Crippen LogP) is 5.73. The van der Waals surface area contributed by atoms with Gasteiger partial charge in [-0.05, 0) is 48.5 Å². The highest BCUT2D eigenvalue weighted by Gasteiger charge is 2.11. The highest BCUT2D eigenvalue weighted by molar-refractivity contribution is 7.59. The van der Waals surface area contributed by atoms with Gasteiger partial charge >= 0.3 is 0 Å². The maximum atomic E-state index is 13.3. The first-order chi connectivity index (χ1) is 14.7. The van der Waals surface area contributed by atoms with Crippen molar-refractivity contribution in [2.75, 3.05) is 41.8 Å². The summed E-state index contributed by atoms with van der Waals surface area (Å²) < 4.78 is 18.7. The quantitative estimate of drug-likeness (QED) is 0.503. The third-order valence-electron chi connectivity index (χ3n) is 4.35. The van der Waals surface area contributed by atoms with E-state index in [4.69, 9.17) is 16.3 Å². The highest BCUT2D eigenvalue weighted by Crippen LogP contribution is 2.24. The van der Waals surface area contributed by atoms with Crippen LogP contribution < -0.4 is 15.5 Å². The Kier molecular flexibility index (Phi) is 9.84. The first-order valence-electron chi connectivity index (χ1n) is 9.92. The molecule has 0 amide bonds. The van der Waals surface area contributed by atoms with Gasteiger partial charge in [0.1, 0.15) is 11.6 Å². The zero-order valence-corrected chi connectivity index (χ0v) is 19.3. The first kappa shape index (κ1) is 24.7. The van der Waals surface area contributed by atoms with Gasteiger partial charge in [-0.25, -0.2) is 9.37 Å². The minimum absolute atomic E-state index is 0. The second kappa shape index (κ2) is 12.3. The van der Waals surface area contributed by atoms with E-state index in [9.17, 15) is 4.39 Å². The average molecular weight is 464 g/mol. The summed E-state index contributed by atoms with van der Waals surface area (Å²) in [7, 11) is 0. The minimum Gasteiger partial charge on any atom is -0.378 e. The number of halogens is 2. The van der Waals surface area contributed by atoms with Gasteiger partial charge in [-0.2, -0.15) is 18.5 Å². The molecule has 1 saturated heterocycles.